The molecular weight excluding hydrogens is 130 g/mol. The van der Waals surface area contributed by atoms with Crippen LogP contribution >= 0.6 is 0 Å². The molecule has 10 heavy (non-hydrogen) atoms. The van der Waals surface area contributed by atoms with Crippen molar-refractivity contribution in [2.75, 3.05) is 0 Å². The third-order valence-electron chi connectivity index (χ3n) is 1.21. The van der Waals surface area contributed by atoms with Gasteiger partial charge in [-0.25, -0.2) is 0 Å². The fourth-order valence-electron chi connectivity index (χ4n) is 0.781. The van der Waals surface area contributed by atoms with Crippen molar-refractivity contribution in [1.29, 1.82) is 0 Å². The number of carbonyl (C=O) groups excluding carboxylic acids is 2. The quantitative estimate of drug-likeness (QED) is 0.413. The average Bonchev–Trinajstić information content (AvgIpc) is 2.13. The normalized spacial score (nSPS) is 21.4. The molecule has 52 valence electrons. The molecule has 3 nitrogen and oxygen atoms in total. The minimum atomic E-state index is -0.301. The second-order valence-corrected chi connectivity index (χ2v) is 1.98. The lowest BCUT2D eigenvalue weighted by Gasteiger charge is -1.84. The first-order valence-corrected chi connectivity index (χ1v) is 2.90. The minimum absolute atomic E-state index is 0.185. The van der Waals surface area contributed by atoms with E-state index in [-0.39, 0.29) is 18.2 Å². The molecule has 1 heterocycles. The zero-order valence-electron chi connectivity index (χ0n) is 5.39. The molecule has 0 spiro atoms. The maximum absolute atomic E-state index is 10.7. The molecule has 1 fully saturated rings. The molecule has 0 saturated carbocycles. The molecular formula is C7H7NO2. The fraction of sp³-hybridized carbons (Fsp3) is 0.143. The van der Waals surface area contributed by atoms with E-state index in [1.54, 1.807) is 6.08 Å². The first-order chi connectivity index (χ1) is 4.74. The molecule has 1 rings (SSSR count). The van der Waals surface area contributed by atoms with E-state index in [1.165, 1.54) is 6.08 Å². The number of allylic oxidation sites excluding steroid dienone is 2. The number of nitrogens with one attached hydrogen (secondary N) is 1. The first-order valence-electron chi connectivity index (χ1n) is 2.90. The van der Waals surface area contributed by atoms with Crippen molar-refractivity contribution in [3.8, 4) is 0 Å². The van der Waals surface area contributed by atoms with Crippen LogP contribution in [0.5, 0.6) is 0 Å². The number of rotatable bonds is 1. The Morgan fingerprint density at radius 2 is 2.20 bits per heavy atom. The standard InChI is InChI=1S/C7H7NO2/c1-2-3-5-4-6(9)8-7(5)10/h2-3H,1,4H2,(H,8,9,10). The van der Waals surface area contributed by atoms with Gasteiger partial charge >= 0.3 is 0 Å². The molecule has 0 atom stereocenters. The Hall–Kier alpha value is -1.38. The van der Waals surface area contributed by atoms with Crippen LogP contribution in [0.2, 0.25) is 0 Å². The molecule has 1 aliphatic heterocycles. The Kier molecular flexibility index (Phi) is 1.67. The van der Waals surface area contributed by atoms with E-state index in [0.29, 0.717) is 5.57 Å². The molecule has 0 radical (unpaired) electrons. The fourth-order valence-corrected chi connectivity index (χ4v) is 0.781. The van der Waals surface area contributed by atoms with Crippen molar-refractivity contribution < 1.29 is 9.59 Å². The monoisotopic (exact) mass is 137 g/mol. The van der Waals surface area contributed by atoms with Crippen LogP contribution in [0.1, 0.15) is 6.42 Å². The second-order valence-electron chi connectivity index (χ2n) is 1.98. The summed E-state index contributed by atoms with van der Waals surface area (Å²) < 4.78 is 0. The molecule has 0 unspecified atom stereocenters. The molecule has 0 aliphatic carbocycles. The Morgan fingerprint density at radius 1 is 1.50 bits per heavy atom. The molecule has 1 N–H and O–H groups in total. The van der Waals surface area contributed by atoms with E-state index in [9.17, 15) is 9.59 Å². The molecule has 1 aliphatic rings. The predicted molar refractivity (Wildman–Crippen MR) is 36.0 cm³/mol. The van der Waals surface area contributed by atoms with Gasteiger partial charge in [-0.2, -0.15) is 0 Å². The summed E-state index contributed by atoms with van der Waals surface area (Å²) in [6.07, 6.45) is 3.22. The first kappa shape index (κ1) is 6.74. The van der Waals surface area contributed by atoms with Crippen molar-refractivity contribution in [3.63, 3.8) is 0 Å². The predicted octanol–water partition coefficient (Wildman–Crippen LogP) is 0.145. The molecule has 0 aromatic heterocycles. The van der Waals surface area contributed by atoms with E-state index < -0.39 is 0 Å². The highest BCUT2D eigenvalue weighted by Crippen LogP contribution is 2.07. The van der Waals surface area contributed by atoms with Crippen LogP contribution in [0.25, 0.3) is 0 Å². The summed E-state index contributed by atoms with van der Waals surface area (Å²) in [5.41, 5.74) is 0.486. The third kappa shape index (κ3) is 1.13. The van der Waals surface area contributed by atoms with E-state index in [0.717, 1.165) is 0 Å². The van der Waals surface area contributed by atoms with Crippen molar-refractivity contribution >= 4 is 11.8 Å². The van der Waals surface area contributed by atoms with Gasteiger partial charge in [0.05, 0.1) is 6.42 Å². The van der Waals surface area contributed by atoms with Crippen molar-refractivity contribution in [3.05, 3.63) is 24.3 Å². The largest absolute Gasteiger partial charge is 0.292 e. The van der Waals surface area contributed by atoms with Crippen LogP contribution in [0.15, 0.2) is 24.3 Å². The van der Waals surface area contributed by atoms with Gasteiger partial charge in [-0.1, -0.05) is 18.7 Å². The lowest BCUT2D eigenvalue weighted by atomic mass is 10.2. The Labute approximate surface area is 58.4 Å². The lowest BCUT2D eigenvalue weighted by Crippen LogP contribution is -2.19. The summed E-state index contributed by atoms with van der Waals surface area (Å²) in [6.45, 7) is 3.42. The van der Waals surface area contributed by atoms with Crippen LogP contribution in [-0.2, 0) is 9.59 Å². The summed E-state index contributed by atoms with van der Waals surface area (Å²) in [5.74, 6) is -0.539. The highest BCUT2D eigenvalue weighted by Gasteiger charge is 2.22. The number of hydrogen-bond donors (Lipinski definition) is 1. The van der Waals surface area contributed by atoms with Gasteiger partial charge in [-0.05, 0) is 0 Å². The zero-order valence-corrected chi connectivity index (χ0v) is 5.39. The van der Waals surface area contributed by atoms with E-state index in [4.69, 9.17) is 0 Å². The Morgan fingerprint density at radius 3 is 2.60 bits per heavy atom. The summed E-state index contributed by atoms with van der Waals surface area (Å²) in [6, 6.07) is 0. The maximum atomic E-state index is 10.7. The van der Waals surface area contributed by atoms with E-state index in [2.05, 4.69) is 11.9 Å². The molecule has 0 bridgehead atoms. The summed E-state index contributed by atoms with van der Waals surface area (Å²) in [4.78, 5) is 21.3. The number of imide groups is 1. The number of carbonyl (C=O) groups is 2. The van der Waals surface area contributed by atoms with Crippen molar-refractivity contribution in [2.45, 2.75) is 6.42 Å². The van der Waals surface area contributed by atoms with Gasteiger partial charge in [0.25, 0.3) is 5.91 Å². The van der Waals surface area contributed by atoms with Gasteiger partial charge < -0.3 is 0 Å². The Balaban J connectivity index is 2.81. The maximum Gasteiger partial charge on any atom is 0.254 e. The average molecular weight is 137 g/mol. The molecule has 2 amide bonds. The second kappa shape index (κ2) is 2.47. The van der Waals surface area contributed by atoms with Crippen LogP contribution in [-0.4, -0.2) is 11.8 Å². The zero-order chi connectivity index (χ0) is 7.56. The smallest absolute Gasteiger partial charge is 0.254 e. The number of amides is 2. The van der Waals surface area contributed by atoms with Crippen LogP contribution < -0.4 is 5.32 Å². The topological polar surface area (TPSA) is 46.2 Å². The van der Waals surface area contributed by atoms with Gasteiger partial charge in [0, 0.05) is 5.57 Å². The van der Waals surface area contributed by atoms with Gasteiger partial charge in [-0.3, -0.25) is 14.9 Å². The van der Waals surface area contributed by atoms with Crippen LogP contribution in [0, 0.1) is 0 Å². The highest BCUT2D eigenvalue weighted by atomic mass is 16.2. The molecule has 0 aromatic rings. The van der Waals surface area contributed by atoms with Gasteiger partial charge in [0.2, 0.25) is 5.91 Å². The Bertz CT molecular complexity index is 228. The van der Waals surface area contributed by atoms with E-state index in [1.807, 2.05) is 0 Å². The van der Waals surface area contributed by atoms with Crippen LogP contribution in [0.4, 0.5) is 0 Å². The van der Waals surface area contributed by atoms with Gasteiger partial charge in [-0.15, -0.1) is 0 Å². The lowest BCUT2D eigenvalue weighted by molar-refractivity contribution is -0.124. The molecule has 1 saturated heterocycles. The summed E-state index contributed by atoms with van der Waals surface area (Å²) in [5, 5.41) is 2.16. The van der Waals surface area contributed by atoms with Gasteiger partial charge in [0.1, 0.15) is 0 Å². The molecule has 0 aromatic carbocycles. The van der Waals surface area contributed by atoms with Crippen LogP contribution in [0.3, 0.4) is 0 Å². The highest BCUT2D eigenvalue weighted by molar-refractivity contribution is 6.13. The minimum Gasteiger partial charge on any atom is -0.292 e. The van der Waals surface area contributed by atoms with Gasteiger partial charge in [0.15, 0.2) is 0 Å². The molecule has 3 heteroatoms. The third-order valence-corrected chi connectivity index (χ3v) is 1.21. The summed E-state index contributed by atoms with van der Waals surface area (Å²) >= 11 is 0. The number of hydrogen-bond acceptors (Lipinski definition) is 2. The van der Waals surface area contributed by atoms with Crippen molar-refractivity contribution in [1.82, 2.24) is 5.32 Å². The van der Waals surface area contributed by atoms with Crippen molar-refractivity contribution in [2.24, 2.45) is 0 Å². The SMILES string of the molecule is C=CC=C1CC(=O)NC1=O. The van der Waals surface area contributed by atoms with E-state index >= 15 is 0 Å². The summed E-state index contributed by atoms with van der Waals surface area (Å²) in [7, 11) is 0.